The first-order valence-corrected chi connectivity index (χ1v) is 12.0. The van der Waals surface area contributed by atoms with Gasteiger partial charge in [-0.25, -0.2) is 8.42 Å². The van der Waals surface area contributed by atoms with Crippen LogP contribution in [0.4, 0.5) is 0 Å². The molecule has 1 aliphatic rings. The van der Waals surface area contributed by atoms with E-state index in [0.717, 1.165) is 30.1 Å². The van der Waals surface area contributed by atoms with Crippen molar-refractivity contribution in [3.63, 3.8) is 0 Å². The number of sulfonamides is 1. The molecule has 6 nitrogen and oxygen atoms in total. The number of rotatable bonds is 8. The number of thioether (sulfide) groups is 1. The van der Waals surface area contributed by atoms with Gasteiger partial charge in [-0.3, -0.25) is 4.79 Å². The maximum Gasteiger partial charge on any atom is 0.251 e. The van der Waals surface area contributed by atoms with Gasteiger partial charge in [-0.2, -0.15) is 16.1 Å². The molecule has 0 atom stereocenters. The van der Waals surface area contributed by atoms with Gasteiger partial charge >= 0.3 is 0 Å². The SMILES string of the molecule is CC1CCN(S(=O)(=O)c2ccc(C(=O)NCCSCc3ccco3)cc2)CC1. The fraction of sp³-hybridized carbons (Fsp3) is 0.450. The number of nitrogens with one attached hydrogen (secondary N) is 1. The third-order valence-electron chi connectivity index (χ3n) is 4.85. The molecule has 0 aliphatic carbocycles. The zero-order chi connectivity index (χ0) is 20.0. The van der Waals surface area contributed by atoms with E-state index in [1.165, 1.54) is 12.1 Å². The van der Waals surface area contributed by atoms with Gasteiger partial charge in [-0.15, -0.1) is 0 Å². The summed E-state index contributed by atoms with van der Waals surface area (Å²) in [5, 5.41) is 2.86. The third-order valence-corrected chi connectivity index (χ3v) is 7.75. The quantitative estimate of drug-likeness (QED) is 0.660. The van der Waals surface area contributed by atoms with E-state index in [-0.39, 0.29) is 10.8 Å². The second-order valence-corrected chi connectivity index (χ2v) is 10.0. The lowest BCUT2D eigenvalue weighted by molar-refractivity contribution is 0.0956. The van der Waals surface area contributed by atoms with E-state index >= 15 is 0 Å². The van der Waals surface area contributed by atoms with Gasteiger partial charge in [0.2, 0.25) is 10.0 Å². The first-order valence-electron chi connectivity index (χ1n) is 9.45. The molecule has 0 unspecified atom stereocenters. The van der Waals surface area contributed by atoms with Crippen molar-refractivity contribution in [3.05, 3.63) is 54.0 Å². The molecule has 0 spiro atoms. The highest BCUT2D eigenvalue weighted by atomic mass is 32.2. The van der Waals surface area contributed by atoms with E-state index in [9.17, 15) is 13.2 Å². The number of carbonyl (C=O) groups is 1. The van der Waals surface area contributed by atoms with Crippen molar-refractivity contribution < 1.29 is 17.6 Å². The van der Waals surface area contributed by atoms with Crippen LogP contribution in [-0.4, -0.2) is 44.0 Å². The molecule has 1 saturated heterocycles. The highest BCUT2D eigenvalue weighted by molar-refractivity contribution is 7.98. The van der Waals surface area contributed by atoms with Crippen LogP contribution in [0, 0.1) is 5.92 Å². The maximum absolute atomic E-state index is 12.7. The predicted molar refractivity (Wildman–Crippen MR) is 111 cm³/mol. The Kier molecular flexibility index (Phi) is 7.20. The molecule has 0 saturated carbocycles. The molecule has 1 amide bonds. The summed E-state index contributed by atoms with van der Waals surface area (Å²) >= 11 is 1.68. The van der Waals surface area contributed by atoms with Crippen LogP contribution in [0.15, 0.2) is 52.0 Å². The van der Waals surface area contributed by atoms with Crippen molar-refractivity contribution in [2.75, 3.05) is 25.4 Å². The minimum atomic E-state index is -3.48. The van der Waals surface area contributed by atoms with Crippen LogP contribution in [0.2, 0.25) is 0 Å². The molecule has 0 radical (unpaired) electrons. The predicted octanol–water partition coefficient (Wildman–Crippen LogP) is 3.36. The molecule has 152 valence electrons. The Hall–Kier alpha value is -1.77. The highest BCUT2D eigenvalue weighted by Gasteiger charge is 2.28. The van der Waals surface area contributed by atoms with E-state index in [0.29, 0.717) is 31.1 Å². The summed E-state index contributed by atoms with van der Waals surface area (Å²) in [6.07, 6.45) is 3.42. The maximum atomic E-state index is 12.7. The number of hydrogen-bond acceptors (Lipinski definition) is 5. The number of hydrogen-bond donors (Lipinski definition) is 1. The van der Waals surface area contributed by atoms with Crippen LogP contribution < -0.4 is 5.32 Å². The van der Waals surface area contributed by atoms with E-state index in [1.807, 2.05) is 12.1 Å². The smallest absolute Gasteiger partial charge is 0.251 e. The second-order valence-electron chi connectivity index (χ2n) is 7.00. The Balaban J connectivity index is 1.48. The molecule has 8 heteroatoms. The Labute approximate surface area is 170 Å². The van der Waals surface area contributed by atoms with Crippen molar-refractivity contribution in [2.24, 2.45) is 5.92 Å². The molecule has 1 aromatic carbocycles. The Bertz CT molecular complexity index is 856. The highest BCUT2D eigenvalue weighted by Crippen LogP contribution is 2.23. The average molecular weight is 423 g/mol. The largest absolute Gasteiger partial charge is 0.468 e. The van der Waals surface area contributed by atoms with Crippen LogP contribution in [0.25, 0.3) is 0 Å². The zero-order valence-corrected chi connectivity index (χ0v) is 17.6. The number of carbonyl (C=O) groups excluding carboxylic acids is 1. The lowest BCUT2D eigenvalue weighted by atomic mass is 10.0. The van der Waals surface area contributed by atoms with Crippen LogP contribution in [-0.2, 0) is 15.8 Å². The van der Waals surface area contributed by atoms with Gasteiger partial charge in [0.1, 0.15) is 5.76 Å². The molecular weight excluding hydrogens is 396 g/mol. The topological polar surface area (TPSA) is 79.6 Å². The Morgan fingerprint density at radius 2 is 1.93 bits per heavy atom. The molecule has 2 aromatic rings. The van der Waals surface area contributed by atoms with Gasteiger partial charge < -0.3 is 9.73 Å². The summed E-state index contributed by atoms with van der Waals surface area (Å²) in [6.45, 7) is 3.80. The van der Waals surface area contributed by atoms with Crippen LogP contribution >= 0.6 is 11.8 Å². The average Bonchev–Trinajstić information content (AvgIpc) is 3.21. The van der Waals surface area contributed by atoms with E-state index in [1.54, 1.807) is 34.5 Å². The summed E-state index contributed by atoms with van der Waals surface area (Å²) in [7, 11) is -3.48. The summed E-state index contributed by atoms with van der Waals surface area (Å²) in [6, 6.07) is 9.97. The normalized spacial score (nSPS) is 16.2. The molecule has 28 heavy (non-hydrogen) atoms. The Morgan fingerprint density at radius 3 is 2.57 bits per heavy atom. The molecule has 3 rings (SSSR count). The van der Waals surface area contributed by atoms with Crippen molar-refractivity contribution >= 4 is 27.7 Å². The molecule has 2 heterocycles. The van der Waals surface area contributed by atoms with Crippen LogP contribution in [0.1, 0.15) is 35.9 Å². The number of nitrogens with zero attached hydrogens (tertiary/aromatic N) is 1. The summed E-state index contributed by atoms with van der Waals surface area (Å²) < 4.78 is 32.3. The van der Waals surface area contributed by atoms with Gasteiger partial charge in [0.15, 0.2) is 0 Å². The first-order chi connectivity index (χ1) is 13.5. The standard InChI is InChI=1S/C20H26N2O4S2/c1-16-8-11-22(12-9-16)28(24,25)19-6-4-17(5-7-19)20(23)21-10-14-27-15-18-3-2-13-26-18/h2-7,13,16H,8-12,14-15H2,1H3,(H,21,23). The molecule has 0 bridgehead atoms. The molecule has 1 fully saturated rings. The van der Waals surface area contributed by atoms with Crippen molar-refractivity contribution in [1.82, 2.24) is 9.62 Å². The van der Waals surface area contributed by atoms with E-state index < -0.39 is 10.0 Å². The van der Waals surface area contributed by atoms with Gasteiger partial charge in [0.05, 0.1) is 16.9 Å². The Morgan fingerprint density at radius 1 is 1.21 bits per heavy atom. The molecule has 1 aromatic heterocycles. The zero-order valence-electron chi connectivity index (χ0n) is 16.0. The minimum absolute atomic E-state index is 0.200. The van der Waals surface area contributed by atoms with Gasteiger partial charge in [-0.1, -0.05) is 6.92 Å². The second kappa shape index (κ2) is 9.62. The summed E-state index contributed by atoms with van der Waals surface area (Å²) in [4.78, 5) is 12.5. The number of furan rings is 1. The van der Waals surface area contributed by atoms with E-state index in [4.69, 9.17) is 4.42 Å². The first kappa shape index (κ1) is 21.0. The lowest BCUT2D eigenvalue weighted by Crippen LogP contribution is -2.37. The fourth-order valence-electron chi connectivity index (χ4n) is 3.06. The van der Waals surface area contributed by atoms with Gasteiger partial charge in [0, 0.05) is 31.0 Å². The fourth-order valence-corrected chi connectivity index (χ4v) is 5.28. The summed E-state index contributed by atoms with van der Waals surface area (Å²) in [5.41, 5.74) is 0.460. The van der Waals surface area contributed by atoms with Crippen molar-refractivity contribution in [3.8, 4) is 0 Å². The van der Waals surface area contributed by atoms with Gasteiger partial charge in [-0.05, 0) is 55.2 Å². The van der Waals surface area contributed by atoms with Crippen molar-refractivity contribution in [1.29, 1.82) is 0 Å². The number of piperidine rings is 1. The monoisotopic (exact) mass is 422 g/mol. The number of amides is 1. The van der Waals surface area contributed by atoms with Crippen molar-refractivity contribution in [2.45, 2.75) is 30.4 Å². The van der Waals surface area contributed by atoms with Crippen LogP contribution in [0.3, 0.4) is 0 Å². The van der Waals surface area contributed by atoms with Crippen LogP contribution in [0.5, 0.6) is 0 Å². The third kappa shape index (κ3) is 5.40. The molecular formula is C20H26N2O4S2. The van der Waals surface area contributed by atoms with Gasteiger partial charge in [0.25, 0.3) is 5.91 Å². The summed E-state index contributed by atoms with van der Waals surface area (Å²) in [5.74, 6) is 2.82. The minimum Gasteiger partial charge on any atom is -0.468 e. The molecule has 1 N–H and O–H groups in total. The lowest BCUT2D eigenvalue weighted by Gasteiger charge is -2.29. The molecule has 1 aliphatic heterocycles. The number of benzene rings is 1. The van der Waals surface area contributed by atoms with E-state index in [2.05, 4.69) is 12.2 Å².